The molecule has 1 N–H and O–H groups in total. The summed E-state index contributed by atoms with van der Waals surface area (Å²) in [5.41, 5.74) is 3.94. The van der Waals surface area contributed by atoms with Crippen LogP contribution in [0.15, 0.2) is 54.6 Å². The summed E-state index contributed by atoms with van der Waals surface area (Å²) in [5.74, 6) is 1.99. The second-order valence-corrected chi connectivity index (χ2v) is 6.07. The molecule has 1 aromatic heterocycles. The van der Waals surface area contributed by atoms with Crippen molar-refractivity contribution in [3.63, 3.8) is 0 Å². The first-order valence-electron chi connectivity index (χ1n) is 7.77. The van der Waals surface area contributed by atoms with Crippen molar-refractivity contribution in [3.8, 4) is 0 Å². The maximum absolute atomic E-state index is 3.59. The molecule has 3 rings (SSSR count). The third kappa shape index (κ3) is 3.15. The average molecular weight is 279 g/mol. The van der Waals surface area contributed by atoms with Crippen LogP contribution in [0.3, 0.4) is 0 Å². The molecule has 1 heterocycles. The minimum absolute atomic E-state index is 0.654. The Balaban J connectivity index is 1.91. The number of para-hydroxylation sites is 2. The first-order valence-corrected chi connectivity index (χ1v) is 7.77. The molecule has 2 aromatic carbocycles. The maximum atomic E-state index is 3.59. The fraction of sp³-hybridized carbons (Fsp3) is 0.316. The number of nitrogens with one attached hydrogen (secondary N) is 1. The first kappa shape index (κ1) is 13.9. The van der Waals surface area contributed by atoms with Crippen LogP contribution >= 0.6 is 0 Å². The first-order chi connectivity index (χ1) is 10.2. The maximum Gasteiger partial charge on any atom is 0.255 e. The predicted octanol–water partition coefficient (Wildman–Crippen LogP) is 3.90. The van der Waals surface area contributed by atoms with E-state index in [0.29, 0.717) is 5.92 Å². The Kier molecular flexibility index (Phi) is 4.05. The molecule has 0 atom stereocenters. The Bertz CT molecular complexity index is 711. The van der Waals surface area contributed by atoms with Crippen molar-refractivity contribution < 1.29 is 4.57 Å². The monoisotopic (exact) mass is 279 g/mol. The fourth-order valence-electron chi connectivity index (χ4n) is 2.87. The van der Waals surface area contributed by atoms with Gasteiger partial charge >= 0.3 is 0 Å². The van der Waals surface area contributed by atoms with Crippen molar-refractivity contribution in [2.24, 2.45) is 5.92 Å². The molecule has 2 heteroatoms. The van der Waals surface area contributed by atoms with Crippen molar-refractivity contribution in [2.45, 2.75) is 33.2 Å². The van der Waals surface area contributed by atoms with Crippen LogP contribution in [0, 0.1) is 5.92 Å². The summed E-state index contributed by atoms with van der Waals surface area (Å²) >= 11 is 0. The Morgan fingerprint density at radius 2 is 1.67 bits per heavy atom. The third-order valence-corrected chi connectivity index (χ3v) is 3.87. The van der Waals surface area contributed by atoms with Gasteiger partial charge in [-0.1, -0.05) is 56.3 Å². The van der Waals surface area contributed by atoms with Crippen molar-refractivity contribution >= 4 is 11.0 Å². The smallest absolute Gasteiger partial charge is 0.241 e. The van der Waals surface area contributed by atoms with Crippen LogP contribution in [-0.2, 0) is 19.4 Å². The zero-order valence-corrected chi connectivity index (χ0v) is 12.8. The van der Waals surface area contributed by atoms with E-state index >= 15 is 0 Å². The number of hydrogen-bond donors (Lipinski definition) is 1. The highest BCUT2D eigenvalue weighted by Crippen LogP contribution is 2.12. The molecular weight excluding hydrogens is 256 g/mol. The van der Waals surface area contributed by atoms with E-state index in [0.717, 1.165) is 19.4 Å². The molecule has 0 aliphatic rings. The van der Waals surface area contributed by atoms with Gasteiger partial charge in [-0.15, -0.1) is 0 Å². The van der Waals surface area contributed by atoms with Gasteiger partial charge in [0.1, 0.15) is 0 Å². The quantitative estimate of drug-likeness (QED) is 0.684. The summed E-state index contributed by atoms with van der Waals surface area (Å²) in [6, 6.07) is 19.3. The number of H-pyrrole nitrogens is 1. The topological polar surface area (TPSA) is 19.7 Å². The standard InChI is InChI=1S/C19H22N2/c1-15(2)14-19-20-17-10-6-7-11-18(17)21(19)13-12-16-8-4-3-5-9-16/h3-11,15H,12-14H2,1-2H3/p+1. The molecule has 0 saturated heterocycles. The van der Waals surface area contributed by atoms with Gasteiger partial charge < -0.3 is 0 Å². The van der Waals surface area contributed by atoms with Gasteiger partial charge in [-0.3, -0.25) is 0 Å². The van der Waals surface area contributed by atoms with E-state index in [1.165, 1.54) is 22.4 Å². The van der Waals surface area contributed by atoms with E-state index in [9.17, 15) is 0 Å². The molecule has 108 valence electrons. The van der Waals surface area contributed by atoms with Crippen LogP contribution in [0.25, 0.3) is 11.0 Å². The molecule has 2 nitrogen and oxygen atoms in total. The molecular formula is C19H23N2+. The lowest BCUT2D eigenvalue weighted by Crippen LogP contribution is -2.38. The Labute approximate surface area is 126 Å². The molecule has 0 radical (unpaired) electrons. The number of aromatic amines is 1. The van der Waals surface area contributed by atoms with E-state index in [2.05, 4.69) is 78.0 Å². The number of fused-ring (bicyclic) bond motifs is 1. The minimum atomic E-state index is 0.654. The molecule has 21 heavy (non-hydrogen) atoms. The third-order valence-electron chi connectivity index (χ3n) is 3.87. The van der Waals surface area contributed by atoms with Gasteiger partial charge in [0, 0.05) is 6.42 Å². The Hall–Kier alpha value is -2.09. The lowest BCUT2D eigenvalue weighted by Gasteiger charge is -2.04. The number of nitrogens with zero attached hydrogens (tertiary/aromatic N) is 1. The number of rotatable bonds is 5. The Morgan fingerprint density at radius 3 is 2.43 bits per heavy atom. The van der Waals surface area contributed by atoms with Crippen molar-refractivity contribution in [1.29, 1.82) is 0 Å². The molecule has 0 aliphatic heterocycles. The number of aryl methyl sites for hydroxylation is 2. The molecule has 0 unspecified atom stereocenters. The molecule has 0 saturated carbocycles. The zero-order valence-electron chi connectivity index (χ0n) is 12.8. The number of benzene rings is 2. The molecule has 3 aromatic rings. The summed E-state index contributed by atoms with van der Waals surface area (Å²) in [6.07, 6.45) is 2.15. The van der Waals surface area contributed by atoms with Crippen LogP contribution in [0.5, 0.6) is 0 Å². The molecule has 0 amide bonds. The van der Waals surface area contributed by atoms with Crippen molar-refractivity contribution in [3.05, 3.63) is 66.0 Å². The molecule has 0 spiro atoms. The zero-order chi connectivity index (χ0) is 14.7. The number of hydrogen-bond acceptors (Lipinski definition) is 0. The highest BCUT2D eigenvalue weighted by Gasteiger charge is 2.18. The second-order valence-electron chi connectivity index (χ2n) is 6.07. The lowest BCUT2D eigenvalue weighted by molar-refractivity contribution is -0.678. The SMILES string of the molecule is CC(C)Cc1[nH]c2ccccc2[n+]1CCc1ccccc1. The van der Waals surface area contributed by atoms with E-state index in [1.54, 1.807) is 0 Å². The van der Waals surface area contributed by atoms with Gasteiger partial charge in [0.2, 0.25) is 0 Å². The highest BCUT2D eigenvalue weighted by atomic mass is 15.1. The van der Waals surface area contributed by atoms with E-state index < -0.39 is 0 Å². The highest BCUT2D eigenvalue weighted by molar-refractivity contribution is 5.71. The van der Waals surface area contributed by atoms with Gasteiger partial charge in [0.05, 0.1) is 13.0 Å². The van der Waals surface area contributed by atoms with Gasteiger partial charge in [-0.25, -0.2) is 9.55 Å². The van der Waals surface area contributed by atoms with Crippen LogP contribution in [0.4, 0.5) is 0 Å². The normalized spacial score (nSPS) is 11.4. The number of aromatic nitrogens is 2. The van der Waals surface area contributed by atoms with Crippen LogP contribution in [0.2, 0.25) is 0 Å². The minimum Gasteiger partial charge on any atom is -0.241 e. The van der Waals surface area contributed by atoms with Crippen LogP contribution in [0.1, 0.15) is 25.2 Å². The fourth-order valence-corrected chi connectivity index (χ4v) is 2.87. The van der Waals surface area contributed by atoms with Crippen LogP contribution in [-0.4, -0.2) is 4.98 Å². The van der Waals surface area contributed by atoms with Crippen molar-refractivity contribution in [1.82, 2.24) is 4.98 Å². The Morgan fingerprint density at radius 1 is 0.952 bits per heavy atom. The largest absolute Gasteiger partial charge is 0.255 e. The summed E-state index contributed by atoms with van der Waals surface area (Å²) in [4.78, 5) is 3.59. The van der Waals surface area contributed by atoms with Crippen LogP contribution < -0.4 is 4.57 Å². The van der Waals surface area contributed by atoms with Gasteiger partial charge in [-0.05, 0) is 23.6 Å². The van der Waals surface area contributed by atoms with Crippen molar-refractivity contribution in [2.75, 3.05) is 0 Å². The van der Waals surface area contributed by atoms with E-state index in [4.69, 9.17) is 0 Å². The summed E-state index contributed by atoms with van der Waals surface area (Å²) in [5, 5.41) is 0. The lowest BCUT2D eigenvalue weighted by atomic mass is 10.1. The van der Waals surface area contributed by atoms with E-state index in [1.807, 2.05) is 0 Å². The summed E-state index contributed by atoms with van der Waals surface area (Å²) in [7, 11) is 0. The number of imidazole rings is 1. The van der Waals surface area contributed by atoms with Gasteiger partial charge in [-0.2, -0.15) is 0 Å². The molecule has 0 fully saturated rings. The van der Waals surface area contributed by atoms with Gasteiger partial charge in [0.15, 0.2) is 11.0 Å². The van der Waals surface area contributed by atoms with E-state index in [-0.39, 0.29) is 0 Å². The van der Waals surface area contributed by atoms with Gasteiger partial charge in [0.25, 0.3) is 5.82 Å². The second kappa shape index (κ2) is 6.13. The average Bonchev–Trinajstić information content (AvgIpc) is 2.82. The molecule has 0 aliphatic carbocycles. The summed E-state index contributed by atoms with van der Waals surface area (Å²) in [6.45, 7) is 5.57. The predicted molar refractivity (Wildman–Crippen MR) is 87.2 cm³/mol. The summed E-state index contributed by atoms with van der Waals surface area (Å²) < 4.78 is 2.45. The molecule has 0 bridgehead atoms.